The Morgan fingerprint density at radius 1 is 1.11 bits per heavy atom. The number of hydrogen-bond acceptors (Lipinski definition) is 9. The average Bonchev–Trinajstić information content (AvgIpc) is 2.92. The topological polar surface area (TPSA) is 123 Å². The van der Waals surface area contributed by atoms with Gasteiger partial charge in [-0.2, -0.15) is 4.98 Å². The summed E-state index contributed by atoms with van der Waals surface area (Å²) >= 11 is 0. The van der Waals surface area contributed by atoms with E-state index < -0.39 is 6.04 Å². The fraction of sp³-hybridized carbons (Fsp3) is 0.500. The monoisotopic (exact) mass is 522 g/mol. The lowest BCUT2D eigenvalue weighted by Gasteiger charge is -2.46. The quantitative estimate of drug-likeness (QED) is 0.593. The van der Waals surface area contributed by atoms with E-state index in [0.717, 1.165) is 25.9 Å². The number of likely N-dealkylation sites (tertiary alicyclic amines) is 1. The predicted molar refractivity (Wildman–Crippen MR) is 143 cm³/mol. The van der Waals surface area contributed by atoms with E-state index >= 15 is 0 Å². The van der Waals surface area contributed by atoms with E-state index in [9.17, 15) is 14.4 Å². The molecule has 1 aromatic heterocycles. The molecule has 1 aromatic carbocycles. The van der Waals surface area contributed by atoms with Gasteiger partial charge in [-0.1, -0.05) is 0 Å². The van der Waals surface area contributed by atoms with Crippen molar-refractivity contribution in [2.75, 3.05) is 69.0 Å². The molecule has 1 unspecified atom stereocenters. The fourth-order valence-electron chi connectivity index (χ4n) is 5.23. The zero-order valence-corrected chi connectivity index (χ0v) is 22.2. The van der Waals surface area contributed by atoms with Gasteiger partial charge in [-0.15, -0.1) is 0 Å². The van der Waals surface area contributed by atoms with Gasteiger partial charge < -0.3 is 35.0 Å². The lowest BCUT2D eigenvalue weighted by atomic mass is 10.0. The molecule has 3 amide bonds. The summed E-state index contributed by atoms with van der Waals surface area (Å²) in [7, 11) is 5.33. The number of nitrogens with one attached hydrogen (secondary N) is 2. The first-order valence-corrected chi connectivity index (χ1v) is 12.9. The number of rotatable bonds is 5. The van der Waals surface area contributed by atoms with E-state index in [1.54, 1.807) is 48.4 Å². The van der Waals surface area contributed by atoms with E-state index in [4.69, 9.17) is 9.72 Å². The van der Waals surface area contributed by atoms with E-state index in [2.05, 4.69) is 27.6 Å². The number of benzene rings is 1. The molecule has 1 atom stereocenters. The molecule has 3 aliphatic rings. The van der Waals surface area contributed by atoms with E-state index in [-0.39, 0.29) is 23.8 Å². The van der Waals surface area contributed by atoms with Crippen molar-refractivity contribution >= 4 is 40.9 Å². The zero-order chi connectivity index (χ0) is 27.0. The molecule has 0 aliphatic carbocycles. The fourth-order valence-corrected chi connectivity index (χ4v) is 5.23. The lowest BCUT2D eigenvalue weighted by molar-refractivity contribution is -0.131. The zero-order valence-electron chi connectivity index (χ0n) is 22.2. The molecule has 3 aliphatic heterocycles. The Labute approximate surface area is 221 Å². The highest BCUT2D eigenvalue weighted by atomic mass is 16.5. The second-order valence-electron chi connectivity index (χ2n) is 10.1. The van der Waals surface area contributed by atoms with Crippen LogP contribution in [0.3, 0.4) is 0 Å². The van der Waals surface area contributed by atoms with Crippen molar-refractivity contribution in [3.05, 3.63) is 30.0 Å². The van der Waals surface area contributed by atoms with Crippen LogP contribution in [-0.4, -0.2) is 104 Å². The second-order valence-corrected chi connectivity index (χ2v) is 10.1. The van der Waals surface area contributed by atoms with Gasteiger partial charge in [0.15, 0.2) is 5.82 Å². The summed E-state index contributed by atoms with van der Waals surface area (Å²) in [4.78, 5) is 54.4. The number of carbonyl (C=O) groups is 3. The number of piperazine rings is 1. The van der Waals surface area contributed by atoms with Crippen molar-refractivity contribution in [1.82, 2.24) is 25.1 Å². The third kappa shape index (κ3) is 4.95. The molecule has 202 valence electrons. The number of carbonyl (C=O) groups excluding carboxylic acids is 3. The third-order valence-electron chi connectivity index (χ3n) is 7.59. The van der Waals surface area contributed by atoms with Crippen molar-refractivity contribution in [1.29, 1.82) is 0 Å². The molecule has 12 nitrogen and oxygen atoms in total. The van der Waals surface area contributed by atoms with Crippen LogP contribution in [0.4, 0.5) is 23.1 Å². The van der Waals surface area contributed by atoms with Gasteiger partial charge in [0.25, 0.3) is 11.8 Å². The van der Waals surface area contributed by atoms with Crippen LogP contribution in [0.15, 0.2) is 24.4 Å². The SMILES string of the molecule is COc1cc(C(=O)NC2CCN(C)CC2)ccc1Nc1ncc2c(n1)N1CCN(C(C)=O)CC1C(=O)N2C. The van der Waals surface area contributed by atoms with Gasteiger partial charge in [-0.05, 0) is 51.2 Å². The molecule has 0 bridgehead atoms. The van der Waals surface area contributed by atoms with Crippen molar-refractivity contribution in [3.8, 4) is 5.75 Å². The van der Waals surface area contributed by atoms with Gasteiger partial charge in [0.05, 0.1) is 25.5 Å². The van der Waals surface area contributed by atoms with Gasteiger partial charge in [0.1, 0.15) is 17.5 Å². The first kappa shape index (κ1) is 25.7. The van der Waals surface area contributed by atoms with Crippen LogP contribution in [0, 0.1) is 0 Å². The Morgan fingerprint density at radius 3 is 2.58 bits per heavy atom. The van der Waals surface area contributed by atoms with E-state index in [1.165, 1.54) is 6.92 Å². The van der Waals surface area contributed by atoms with Gasteiger partial charge in [-0.25, -0.2) is 4.98 Å². The Morgan fingerprint density at radius 2 is 1.87 bits per heavy atom. The molecule has 0 spiro atoms. The molecule has 2 N–H and O–H groups in total. The maximum absolute atomic E-state index is 13.0. The highest BCUT2D eigenvalue weighted by molar-refractivity contribution is 6.05. The van der Waals surface area contributed by atoms with Crippen LogP contribution in [0.25, 0.3) is 0 Å². The molecular weight excluding hydrogens is 488 g/mol. The molecule has 0 saturated carbocycles. The number of methoxy groups -OCH3 is 1. The first-order valence-electron chi connectivity index (χ1n) is 12.9. The van der Waals surface area contributed by atoms with Gasteiger partial charge in [0, 0.05) is 38.7 Å². The summed E-state index contributed by atoms with van der Waals surface area (Å²) in [5, 5.41) is 6.32. The van der Waals surface area contributed by atoms with Crippen LogP contribution in [0.1, 0.15) is 30.1 Å². The number of amides is 3. The minimum Gasteiger partial charge on any atom is -0.495 e. The molecule has 0 radical (unpaired) electrons. The van der Waals surface area contributed by atoms with E-state index in [1.807, 2.05) is 4.90 Å². The highest BCUT2D eigenvalue weighted by Gasteiger charge is 2.42. The van der Waals surface area contributed by atoms with Gasteiger partial charge >= 0.3 is 0 Å². The summed E-state index contributed by atoms with van der Waals surface area (Å²) in [5.41, 5.74) is 1.74. The Bertz CT molecular complexity index is 1250. The maximum atomic E-state index is 13.0. The van der Waals surface area contributed by atoms with Crippen molar-refractivity contribution < 1.29 is 19.1 Å². The number of aromatic nitrogens is 2. The molecule has 5 rings (SSSR count). The van der Waals surface area contributed by atoms with Crippen LogP contribution >= 0.6 is 0 Å². The van der Waals surface area contributed by atoms with Crippen LogP contribution in [0.2, 0.25) is 0 Å². The number of ether oxygens (including phenoxy) is 1. The van der Waals surface area contributed by atoms with Crippen molar-refractivity contribution in [2.24, 2.45) is 0 Å². The van der Waals surface area contributed by atoms with Crippen molar-refractivity contribution in [3.63, 3.8) is 0 Å². The van der Waals surface area contributed by atoms with E-state index in [0.29, 0.717) is 54.1 Å². The first-order chi connectivity index (χ1) is 18.2. The van der Waals surface area contributed by atoms with Crippen LogP contribution in [0.5, 0.6) is 5.75 Å². The number of anilines is 4. The molecule has 12 heteroatoms. The number of hydrogen-bond donors (Lipinski definition) is 2. The number of fused-ring (bicyclic) bond motifs is 3. The summed E-state index contributed by atoms with van der Waals surface area (Å²) in [6.45, 7) is 4.78. The smallest absolute Gasteiger partial charge is 0.251 e. The van der Waals surface area contributed by atoms with Gasteiger partial charge in [-0.3, -0.25) is 14.4 Å². The summed E-state index contributed by atoms with van der Waals surface area (Å²) in [6, 6.07) is 4.89. The summed E-state index contributed by atoms with van der Waals surface area (Å²) < 4.78 is 5.57. The molecule has 2 fully saturated rings. The molecule has 4 heterocycles. The van der Waals surface area contributed by atoms with Crippen molar-refractivity contribution in [2.45, 2.75) is 31.8 Å². The third-order valence-corrected chi connectivity index (χ3v) is 7.59. The summed E-state index contributed by atoms with van der Waals surface area (Å²) in [6.07, 6.45) is 3.48. The predicted octanol–water partition coefficient (Wildman–Crippen LogP) is 1.07. The standard InChI is InChI=1S/C26H34N8O4/c1-16(35)33-11-12-34-21(15-33)25(37)32(3)20-14-27-26(30-23(20)34)29-19-6-5-17(13-22(19)38-4)24(36)28-18-7-9-31(2)10-8-18/h5-6,13-14,18,21H,7-12,15H2,1-4H3,(H,28,36)(H,27,29,30). The number of nitrogens with zero attached hydrogens (tertiary/aromatic N) is 6. The Balaban J connectivity index is 1.34. The van der Waals surface area contributed by atoms with Crippen LogP contribution < -0.4 is 25.2 Å². The normalized spacial score (nSPS) is 20.1. The molecule has 2 saturated heterocycles. The average molecular weight is 523 g/mol. The highest BCUT2D eigenvalue weighted by Crippen LogP contribution is 2.36. The number of likely N-dealkylation sites (N-methyl/N-ethyl adjacent to an activating group) is 1. The van der Waals surface area contributed by atoms with Gasteiger partial charge in [0.2, 0.25) is 11.9 Å². The minimum atomic E-state index is -0.496. The maximum Gasteiger partial charge on any atom is 0.251 e. The Hall–Kier alpha value is -3.93. The van der Waals surface area contributed by atoms with Crippen LogP contribution in [-0.2, 0) is 9.59 Å². The lowest BCUT2D eigenvalue weighted by Crippen LogP contribution is -2.63. The summed E-state index contributed by atoms with van der Waals surface area (Å²) in [5.74, 6) is 1.18. The molecular formula is C26H34N8O4. The minimum absolute atomic E-state index is 0.0495. The number of piperidine rings is 1. The largest absolute Gasteiger partial charge is 0.495 e. The molecule has 2 aromatic rings. The Kier molecular flexibility index (Phi) is 7.06. The second kappa shape index (κ2) is 10.4. The molecule has 38 heavy (non-hydrogen) atoms.